The molecule has 2 rings (SSSR count). The number of carboxylic acids is 1. The molecule has 0 aliphatic carbocycles. The lowest BCUT2D eigenvalue weighted by Gasteiger charge is -2.26. The van der Waals surface area contributed by atoms with E-state index in [1.807, 2.05) is 0 Å². The summed E-state index contributed by atoms with van der Waals surface area (Å²) < 4.78 is 11.7. The molecule has 1 aromatic rings. The Hall–Kier alpha value is -1.11. The molecule has 19 heavy (non-hydrogen) atoms. The van der Waals surface area contributed by atoms with Crippen LogP contribution in [-0.2, 0) is 4.74 Å². The second kappa shape index (κ2) is 6.88. The first-order valence-corrected chi connectivity index (χ1v) is 6.92. The Morgan fingerprint density at radius 1 is 1.42 bits per heavy atom. The Morgan fingerprint density at radius 3 is 2.84 bits per heavy atom. The lowest BCUT2D eigenvalue weighted by molar-refractivity contribution is 0.0322. The lowest BCUT2D eigenvalue weighted by Crippen LogP contribution is -2.38. The quantitative estimate of drug-likeness (QED) is 0.893. The maximum atomic E-state index is 10.9. The molecule has 0 atom stereocenters. The zero-order valence-corrected chi connectivity index (χ0v) is 12.1. The molecule has 0 unspecified atom stereocenters. The number of halogens is 1. The molecule has 0 spiro atoms. The summed E-state index contributed by atoms with van der Waals surface area (Å²) in [4.78, 5) is 13.2. The van der Waals surface area contributed by atoms with Crippen LogP contribution in [0.3, 0.4) is 0 Å². The number of morpholine rings is 1. The van der Waals surface area contributed by atoms with Gasteiger partial charge in [-0.15, -0.1) is 0 Å². The molecule has 1 saturated heterocycles. The van der Waals surface area contributed by atoms with Gasteiger partial charge >= 0.3 is 5.97 Å². The average Bonchev–Trinajstić information content (AvgIpc) is 2.42. The van der Waals surface area contributed by atoms with Crippen molar-refractivity contribution >= 4 is 21.9 Å². The molecule has 1 aliphatic heterocycles. The molecular formula is C13H16BrNO4. The molecule has 1 N–H and O–H groups in total. The number of carboxylic acid groups (broad SMARTS) is 1. The van der Waals surface area contributed by atoms with E-state index < -0.39 is 5.97 Å². The van der Waals surface area contributed by atoms with Crippen LogP contribution >= 0.6 is 15.9 Å². The van der Waals surface area contributed by atoms with E-state index in [-0.39, 0.29) is 5.56 Å². The zero-order chi connectivity index (χ0) is 13.7. The van der Waals surface area contributed by atoms with Gasteiger partial charge in [0.05, 0.1) is 23.2 Å². The van der Waals surface area contributed by atoms with E-state index in [1.54, 1.807) is 12.1 Å². The van der Waals surface area contributed by atoms with E-state index in [9.17, 15) is 4.79 Å². The molecule has 1 heterocycles. The fraction of sp³-hybridized carbons (Fsp3) is 0.462. The van der Waals surface area contributed by atoms with Crippen LogP contribution in [0.4, 0.5) is 0 Å². The molecule has 0 saturated carbocycles. The highest BCUT2D eigenvalue weighted by molar-refractivity contribution is 9.10. The van der Waals surface area contributed by atoms with Gasteiger partial charge in [0, 0.05) is 19.6 Å². The highest BCUT2D eigenvalue weighted by atomic mass is 79.9. The first-order valence-electron chi connectivity index (χ1n) is 6.12. The third kappa shape index (κ3) is 4.19. The van der Waals surface area contributed by atoms with Crippen molar-refractivity contribution in [1.29, 1.82) is 0 Å². The van der Waals surface area contributed by atoms with E-state index in [1.165, 1.54) is 6.07 Å². The first kappa shape index (κ1) is 14.3. The van der Waals surface area contributed by atoms with Crippen molar-refractivity contribution in [1.82, 2.24) is 4.90 Å². The van der Waals surface area contributed by atoms with E-state index in [0.29, 0.717) is 12.4 Å². The van der Waals surface area contributed by atoms with Gasteiger partial charge in [-0.2, -0.15) is 0 Å². The van der Waals surface area contributed by atoms with Crippen LogP contribution in [0.15, 0.2) is 22.7 Å². The number of hydrogen-bond acceptors (Lipinski definition) is 4. The summed E-state index contributed by atoms with van der Waals surface area (Å²) in [6, 6.07) is 4.76. The minimum Gasteiger partial charge on any atom is -0.491 e. The standard InChI is InChI=1S/C13H16BrNO4/c14-11-2-1-10(13(16)17)9-12(11)19-8-5-15-3-6-18-7-4-15/h1-2,9H,3-8H2,(H,16,17). The van der Waals surface area contributed by atoms with Gasteiger partial charge in [0.1, 0.15) is 12.4 Å². The minimum absolute atomic E-state index is 0.226. The van der Waals surface area contributed by atoms with Crippen LogP contribution in [-0.4, -0.2) is 55.4 Å². The van der Waals surface area contributed by atoms with E-state index >= 15 is 0 Å². The van der Waals surface area contributed by atoms with Gasteiger partial charge in [0.25, 0.3) is 0 Å². The summed E-state index contributed by atoms with van der Waals surface area (Å²) in [5.74, 6) is -0.390. The fourth-order valence-electron chi connectivity index (χ4n) is 1.86. The van der Waals surface area contributed by atoms with Gasteiger partial charge in [-0.3, -0.25) is 4.90 Å². The van der Waals surface area contributed by atoms with Gasteiger partial charge in [0.2, 0.25) is 0 Å². The van der Waals surface area contributed by atoms with Crippen molar-refractivity contribution in [2.24, 2.45) is 0 Å². The van der Waals surface area contributed by atoms with Crippen LogP contribution in [0, 0.1) is 0 Å². The Morgan fingerprint density at radius 2 is 2.16 bits per heavy atom. The van der Waals surface area contributed by atoms with E-state index in [4.69, 9.17) is 14.6 Å². The normalized spacial score (nSPS) is 16.3. The maximum absolute atomic E-state index is 10.9. The molecule has 0 aromatic heterocycles. The monoisotopic (exact) mass is 329 g/mol. The SMILES string of the molecule is O=C(O)c1ccc(Br)c(OCCN2CCOCC2)c1. The molecular weight excluding hydrogens is 314 g/mol. The minimum atomic E-state index is -0.953. The Kier molecular flexibility index (Phi) is 5.18. The Labute approximate surface area is 120 Å². The predicted octanol–water partition coefficient (Wildman–Crippen LogP) is 1.86. The van der Waals surface area contributed by atoms with Crippen molar-refractivity contribution in [3.63, 3.8) is 0 Å². The molecule has 0 bridgehead atoms. The number of nitrogens with zero attached hydrogens (tertiary/aromatic N) is 1. The number of rotatable bonds is 5. The molecule has 6 heteroatoms. The summed E-state index contributed by atoms with van der Waals surface area (Å²) in [7, 11) is 0. The van der Waals surface area contributed by atoms with Crippen LogP contribution in [0.2, 0.25) is 0 Å². The van der Waals surface area contributed by atoms with Crippen LogP contribution in [0.5, 0.6) is 5.75 Å². The van der Waals surface area contributed by atoms with Gasteiger partial charge in [0.15, 0.2) is 0 Å². The van der Waals surface area contributed by atoms with Gasteiger partial charge in [-0.1, -0.05) is 0 Å². The number of hydrogen-bond donors (Lipinski definition) is 1. The van der Waals surface area contributed by atoms with Crippen molar-refractivity contribution < 1.29 is 19.4 Å². The summed E-state index contributed by atoms with van der Waals surface area (Å²) >= 11 is 3.35. The summed E-state index contributed by atoms with van der Waals surface area (Å²) in [5, 5.41) is 8.94. The third-order valence-electron chi connectivity index (χ3n) is 2.95. The summed E-state index contributed by atoms with van der Waals surface area (Å²) in [6.45, 7) is 4.70. The number of aromatic carboxylic acids is 1. The van der Waals surface area contributed by atoms with Crippen molar-refractivity contribution in [3.05, 3.63) is 28.2 Å². The van der Waals surface area contributed by atoms with Gasteiger partial charge in [-0.05, 0) is 34.1 Å². The van der Waals surface area contributed by atoms with Crippen molar-refractivity contribution in [2.75, 3.05) is 39.5 Å². The third-order valence-corrected chi connectivity index (χ3v) is 3.60. The van der Waals surface area contributed by atoms with E-state index in [2.05, 4.69) is 20.8 Å². The lowest BCUT2D eigenvalue weighted by atomic mass is 10.2. The summed E-state index contributed by atoms with van der Waals surface area (Å²) in [6.07, 6.45) is 0. The summed E-state index contributed by atoms with van der Waals surface area (Å²) in [5.41, 5.74) is 0.226. The molecule has 1 aromatic carbocycles. The topological polar surface area (TPSA) is 59.0 Å². The zero-order valence-electron chi connectivity index (χ0n) is 10.5. The highest BCUT2D eigenvalue weighted by Crippen LogP contribution is 2.26. The Bertz CT molecular complexity index is 446. The second-order valence-electron chi connectivity index (χ2n) is 4.25. The molecule has 5 nitrogen and oxygen atoms in total. The van der Waals surface area contributed by atoms with Gasteiger partial charge < -0.3 is 14.6 Å². The number of carbonyl (C=O) groups is 1. The predicted molar refractivity (Wildman–Crippen MR) is 73.9 cm³/mol. The smallest absolute Gasteiger partial charge is 0.335 e. The van der Waals surface area contributed by atoms with Gasteiger partial charge in [-0.25, -0.2) is 4.79 Å². The fourth-order valence-corrected chi connectivity index (χ4v) is 2.22. The average molecular weight is 330 g/mol. The number of benzene rings is 1. The van der Waals surface area contributed by atoms with Crippen molar-refractivity contribution in [3.8, 4) is 5.75 Å². The largest absolute Gasteiger partial charge is 0.491 e. The maximum Gasteiger partial charge on any atom is 0.335 e. The Balaban J connectivity index is 1.87. The second-order valence-corrected chi connectivity index (χ2v) is 5.11. The van der Waals surface area contributed by atoms with Crippen LogP contribution < -0.4 is 4.74 Å². The highest BCUT2D eigenvalue weighted by Gasteiger charge is 2.11. The first-order chi connectivity index (χ1) is 9.16. The van der Waals surface area contributed by atoms with Crippen LogP contribution in [0.25, 0.3) is 0 Å². The molecule has 1 fully saturated rings. The number of ether oxygens (including phenoxy) is 2. The van der Waals surface area contributed by atoms with Crippen molar-refractivity contribution in [2.45, 2.75) is 0 Å². The van der Waals surface area contributed by atoms with E-state index in [0.717, 1.165) is 37.3 Å². The molecule has 1 aliphatic rings. The molecule has 0 radical (unpaired) electrons. The molecule has 0 amide bonds. The molecule has 104 valence electrons. The van der Waals surface area contributed by atoms with Crippen LogP contribution in [0.1, 0.15) is 10.4 Å².